The van der Waals surface area contributed by atoms with E-state index in [9.17, 15) is 29.1 Å². The third kappa shape index (κ3) is 13.4. The van der Waals surface area contributed by atoms with Crippen LogP contribution in [0.5, 0.6) is 5.75 Å². The first-order valence-electron chi connectivity index (χ1n) is 21.9. The SMILES string of the molecule is COc1cc2cc(c1Cl)N(C)C(=O)C[C@H](OC(=O)[C@H](C)N(C)C(=O)CCC(C)(C)SCC(=O)N(C)CCC(C)(C)C)[C@@]1(C)O[C@H]1[C@H](C)[C@@H]1C[C@@](O)(NC(=O)O1)[C@H](OC)/C=C/C=C(\C)C2. The number of ether oxygens (including phenoxy) is 5. The lowest BCUT2D eigenvalue weighted by atomic mass is 9.83. The first-order valence-corrected chi connectivity index (χ1v) is 23.2. The zero-order chi connectivity index (χ0) is 48.1. The molecule has 2 fully saturated rings. The van der Waals surface area contributed by atoms with Crippen molar-refractivity contribution in [2.45, 2.75) is 147 Å². The van der Waals surface area contributed by atoms with Crippen LogP contribution in [0.1, 0.15) is 100.0 Å². The van der Waals surface area contributed by atoms with Crippen molar-refractivity contribution >= 4 is 58.8 Å². The maximum Gasteiger partial charge on any atom is 0.409 e. The Morgan fingerprint density at radius 3 is 2.41 bits per heavy atom. The molecule has 4 amide bonds. The standard InChI is InChI=1S/C47H71ClN4O11S/c1-28-16-15-17-35(60-14)47(58)26-34(61-43(57)49-47)29(2)41-46(9,63-41)36(25-38(54)52(12)32-23-31(22-28)24-33(59-13)40(32)48)62-42(56)30(3)51(11)37(53)18-19-45(7,8)64-27-39(55)50(10)21-20-44(4,5)6/h15-17,23-24,29-30,34-36,41,58H,18-22,25-27H2,1-14H3,(H,49,57)/b17-15+,28-16+/t29-,30+,34+,35-,36+,41+,46-,47+/m1/s1. The molecule has 4 bridgehead atoms. The molecule has 17 heteroatoms. The number of fused-ring (bicyclic) bond motifs is 5. The second-order valence-corrected chi connectivity index (χ2v) is 21.6. The van der Waals surface area contributed by atoms with Crippen LogP contribution in [0, 0.1) is 11.3 Å². The van der Waals surface area contributed by atoms with Gasteiger partial charge in [-0.2, -0.15) is 0 Å². The summed E-state index contributed by atoms with van der Waals surface area (Å²) in [6.07, 6.45) is 2.21. The maximum atomic E-state index is 14.3. The molecule has 0 saturated carbocycles. The van der Waals surface area contributed by atoms with Gasteiger partial charge >= 0.3 is 12.1 Å². The van der Waals surface area contributed by atoms with E-state index in [1.165, 1.54) is 42.8 Å². The summed E-state index contributed by atoms with van der Waals surface area (Å²) in [5, 5.41) is 14.6. The predicted molar refractivity (Wildman–Crippen MR) is 248 cm³/mol. The van der Waals surface area contributed by atoms with Gasteiger partial charge in [0.05, 0.1) is 31.1 Å². The minimum Gasteiger partial charge on any atom is -0.495 e. The van der Waals surface area contributed by atoms with E-state index in [0.717, 1.165) is 17.6 Å². The highest BCUT2D eigenvalue weighted by molar-refractivity contribution is 8.01. The summed E-state index contributed by atoms with van der Waals surface area (Å²) < 4.78 is 29.1. The number of anilines is 1. The van der Waals surface area contributed by atoms with E-state index < -0.39 is 70.4 Å². The van der Waals surface area contributed by atoms with E-state index >= 15 is 0 Å². The fourth-order valence-corrected chi connectivity index (χ4v) is 9.16. The van der Waals surface area contributed by atoms with Gasteiger partial charge in [-0.05, 0) is 63.1 Å². The molecule has 4 rings (SSSR count). The average molecular weight is 936 g/mol. The number of benzene rings is 1. The number of hydrogen-bond donors (Lipinski definition) is 2. The van der Waals surface area contributed by atoms with Gasteiger partial charge < -0.3 is 43.5 Å². The summed E-state index contributed by atoms with van der Waals surface area (Å²) in [5.41, 5.74) is -0.896. The Kier molecular flexibility index (Phi) is 17.5. The van der Waals surface area contributed by atoms with E-state index in [1.54, 1.807) is 57.0 Å². The lowest BCUT2D eigenvalue weighted by molar-refractivity contribution is -0.162. The van der Waals surface area contributed by atoms with Gasteiger partial charge in [0.2, 0.25) is 17.7 Å². The van der Waals surface area contributed by atoms with Crippen molar-refractivity contribution in [3.8, 4) is 5.75 Å². The molecule has 1 aromatic rings. The fraction of sp³-hybridized carbons (Fsp3) is 0.681. The molecule has 15 nitrogen and oxygen atoms in total. The second-order valence-electron chi connectivity index (χ2n) is 19.6. The molecule has 0 unspecified atom stereocenters. The van der Waals surface area contributed by atoms with Crippen LogP contribution < -0.4 is 15.0 Å². The summed E-state index contributed by atoms with van der Waals surface area (Å²) in [4.78, 5) is 72.3. The fourth-order valence-electron chi connectivity index (χ4n) is 7.87. The van der Waals surface area contributed by atoms with E-state index in [0.29, 0.717) is 30.8 Å². The molecule has 3 heterocycles. The number of aliphatic hydroxyl groups is 1. The molecule has 358 valence electrons. The Bertz CT molecular complexity index is 1950. The Hall–Kier alpha value is -3.83. The van der Waals surface area contributed by atoms with Gasteiger partial charge in [0, 0.05) is 58.3 Å². The van der Waals surface area contributed by atoms with Crippen LogP contribution in [0.15, 0.2) is 35.9 Å². The Labute approximate surface area is 388 Å². The number of amides is 4. The quantitative estimate of drug-likeness (QED) is 0.158. The number of alkyl carbamates (subject to hydrolysis) is 1. The van der Waals surface area contributed by atoms with Crippen molar-refractivity contribution in [2.75, 3.05) is 52.6 Å². The average Bonchev–Trinajstić information content (AvgIpc) is 3.92. The number of methoxy groups -OCH3 is 2. The molecule has 0 spiro atoms. The van der Waals surface area contributed by atoms with E-state index in [-0.39, 0.29) is 47.3 Å². The number of nitrogens with one attached hydrogen (secondary N) is 1. The minimum absolute atomic E-state index is 0.0288. The van der Waals surface area contributed by atoms with Gasteiger partial charge in [-0.15, -0.1) is 11.8 Å². The second kappa shape index (κ2) is 21.2. The molecule has 3 aliphatic rings. The van der Waals surface area contributed by atoms with Crippen LogP contribution in [0.2, 0.25) is 5.02 Å². The molecule has 1 aromatic carbocycles. The summed E-state index contributed by atoms with van der Waals surface area (Å²) >= 11 is 8.31. The van der Waals surface area contributed by atoms with E-state index in [2.05, 4.69) is 26.1 Å². The molecule has 8 atom stereocenters. The Morgan fingerprint density at radius 1 is 1.11 bits per heavy atom. The highest BCUT2D eigenvalue weighted by Gasteiger charge is 2.64. The lowest BCUT2D eigenvalue weighted by Gasteiger charge is -2.42. The number of epoxide rings is 1. The van der Waals surface area contributed by atoms with Crippen LogP contribution >= 0.6 is 23.4 Å². The van der Waals surface area contributed by atoms with Crippen molar-refractivity contribution in [1.82, 2.24) is 15.1 Å². The summed E-state index contributed by atoms with van der Waals surface area (Å²) in [6.45, 7) is 18.1. The molecule has 2 saturated heterocycles. The number of hydrogen-bond acceptors (Lipinski definition) is 12. The molecule has 3 aliphatic heterocycles. The normalized spacial score (nSPS) is 28.3. The lowest BCUT2D eigenvalue weighted by Crippen LogP contribution is -2.63. The van der Waals surface area contributed by atoms with E-state index in [1.807, 2.05) is 33.9 Å². The topological polar surface area (TPSA) is 177 Å². The number of nitrogens with zero attached hydrogens (tertiary/aromatic N) is 3. The summed E-state index contributed by atoms with van der Waals surface area (Å²) in [5.74, 6) is -1.38. The molecular weight excluding hydrogens is 864 g/mol. The van der Waals surface area contributed by atoms with Crippen LogP contribution in [-0.4, -0.2) is 139 Å². The number of allylic oxidation sites excluding steroid dienone is 3. The third-order valence-electron chi connectivity index (χ3n) is 12.7. The predicted octanol–water partition coefficient (Wildman–Crippen LogP) is 6.70. The largest absolute Gasteiger partial charge is 0.495 e. The zero-order valence-electron chi connectivity index (χ0n) is 40.2. The number of esters is 1. The summed E-state index contributed by atoms with van der Waals surface area (Å²) in [7, 11) is 7.83. The van der Waals surface area contributed by atoms with Crippen molar-refractivity contribution < 1.29 is 52.8 Å². The van der Waals surface area contributed by atoms with Gasteiger partial charge in [0.1, 0.15) is 40.7 Å². The number of halogens is 1. The molecule has 2 N–H and O–H groups in total. The molecule has 0 radical (unpaired) electrons. The van der Waals surface area contributed by atoms with Crippen molar-refractivity contribution in [1.29, 1.82) is 0 Å². The molecule has 0 aromatic heterocycles. The summed E-state index contributed by atoms with van der Waals surface area (Å²) in [6, 6.07) is 2.54. The van der Waals surface area contributed by atoms with Crippen LogP contribution in [0.4, 0.5) is 10.5 Å². The first-order chi connectivity index (χ1) is 29.6. The van der Waals surface area contributed by atoms with Crippen molar-refractivity contribution in [3.05, 3.63) is 46.5 Å². The smallest absolute Gasteiger partial charge is 0.409 e. The van der Waals surface area contributed by atoms with Crippen molar-refractivity contribution in [3.63, 3.8) is 0 Å². The highest BCUT2D eigenvalue weighted by Crippen LogP contribution is 2.49. The van der Waals surface area contributed by atoms with Gasteiger partial charge in [0.15, 0.2) is 5.72 Å². The molecular formula is C47H71ClN4O11S. The maximum absolute atomic E-state index is 14.3. The highest BCUT2D eigenvalue weighted by atomic mass is 35.5. The van der Waals surface area contributed by atoms with E-state index in [4.69, 9.17) is 35.3 Å². The Balaban J connectivity index is 1.58. The van der Waals surface area contributed by atoms with Gasteiger partial charge in [-0.25, -0.2) is 9.59 Å². The van der Waals surface area contributed by atoms with Gasteiger partial charge in [-0.3, -0.25) is 19.7 Å². The number of carbonyl (C=O) groups is 5. The minimum atomic E-state index is -1.85. The van der Waals surface area contributed by atoms with Crippen LogP contribution in [0.3, 0.4) is 0 Å². The van der Waals surface area contributed by atoms with Crippen LogP contribution in [-0.2, 0) is 44.5 Å². The number of rotatable bonds is 13. The first kappa shape index (κ1) is 52.8. The molecule has 0 aliphatic carbocycles. The zero-order valence-corrected chi connectivity index (χ0v) is 41.7. The number of carbonyl (C=O) groups excluding carboxylic acids is 5. The third-order valence-corrected chi connectivity index (χ3v) is 14.4. The van der Waals surface area contributed by atoms with Gasteiger partial charge in [0.25, 0.3) is 0 Å². The number of likely N-dealkylation sites (N-methyl/N-ethyl adjacent to an activating group) is 1. The molecule has 64 heavy (non-hydrogen) atoms. The van der Waals surface area contributed by atoms with Crippen molar-refractivity contribution in [2.24, 2.45) is 11.3 Å². The monoisotopic (exact) mass is 934 g/mol. The van der Waals surface area contributed by atoms with Crippen LogP contribution in [0.25, 0.3) is 0 Å². The van der Waals surface area contributed by atoms with Gasteiger partial charge in [-0.1, -0.05) is 76.9 Å². The number of thioether (sulfide) groups is 1. The Morgan fingerprint density at radius 2 is 1.78 bits per heavy atom.